The van der Waals surface area contributed by atoms with E-state index >= 15 is 0 Å². The summed E-state index contributed by atoms with van der Waals surface area (Å²) in [7, 11) is 0. The van der Waals surface area contributed by atoms with Crippen LogP contribution in [0.1, 0.15) is 52.9 Å². The second-order valence-corrected chi connectivity index (χ2v) is 5.40. The van der Waals surface area contributed by atoms with Crippen molar-refractivity contribution in [3.63, 3.8) is 0 Å². The van der Waals surface area contributed by atoms with E-state index in [1.165, 1.54) is 45.2 Å². The van der Waals surface area contributed by atoms with Gasteiger partial charge in [-0.25, -0.2) is 0 Å². The Morgan fingerprint density at radius 3 is 2.67 bits per heavy atom. The molecule has 0 aromatic heterocycles. The average Bonchev–Trinajstić information content (AvgIpc) is 2.18. The maximum Gasteiger partial charge on any atom is 0.0247 e. The Morgan fingerprint density at radius 1 is 1.33 bits per heavy atom. The third-order valence-electron chi connectivity index (χ3n) is 3.38. The Morgan fingerprint density at radius 2 is 2.07 bits per heavy atom. The molecule has 0 saturated carbocycles. The monoisotopic (exact) mass is 212 g/mol. The molecule has 2 heteroatoms. The third kappa shape index (κ3) is 4.12. The molecule has 1 saturated heterocycles. The fraction of sp³-hybridized carbons (Fsp3) is 1.00. The summed E-state index contributed by atoms with van der Waals surface area (Å²) in [6, 6.07) is 1.05. The normalized spacial score (nSPS) is 25.8. The summed E-state index contributed by atoms with van der Waals surface area (Å²) in [5.41, 5.74) is 6.28. The lowest BCUT2D eigenvalue weighted by atomic mass is 9.92. The van der Waals surface area contributed by atoms with E-state index in [1.54, 1.807) is 0 Å². The van der Waals surface area contributed by atoms with Crippen LogP contribution in [0.2, 0.25) is 0 Å². The molecular weight excluding hydrogens is 184 g/mol. The number of piperidine rings is 1. The summed E-state index contributed by atoms with van der Waals surface area (Å²) in [5.74, 6) is 0.763. The molecule has 2 unspecified atom stereocenters. The summed E-state index contributed by atoms with van der Waals surface area (Å²) in [6.07, 6.45) is 6.44. The van der Waals surface area contributed by atoms with Crippen LogP contribution in [0.4, 0.5) is 0 Å². The lowest BCUT2D eigenvalue weighted by Crippen LogP contribution is -2.51. The molecule has 2 nitrogen and oxygen atoms in total. The van der Waals surface area contributed by atoms with Crippen molar-refractivity contribution in [3.05, 3.63) is 0 Å². The van der Waals surface area contributed by atoms with Crippen molar-refractivity contribution in [2.75, 3.05) is 13.1 Å². The maximum absolute atomic E-state index is 6.28. The molecule has 1 fully saturated rings. The van der Waals surface area contributed by atoms with E-state index in [0.29, 0.717) is 12.1 Å². The van der Waals surface area contributed by atoms with Gasteiger partial charge in [-0.3, -0.25) is 4.90 Å². The van der Waals surface area contributed by atoms with Crippen LogP contribution in [0.5, 0.6) is 0 Å². The highest BCUT2D eigenvalue weighted by molar-refractivity contribution is 4.85. The van der Waals surface area contributed by atoms with Gasteiger partial charge in [0.25, 0.3) is 0 Å². The van der Waals surface area contributed by atoms with Crippen LogP contribution < -0.4 is 5.73 Å². The Kier molecular flexibility index (Phi) is 5.62. The Hall–Kier alpha value is -0.0800. The molecular formula is C13H28N2. The van der Waals surface area contributed by atoms with Gasteiger partial charge in [0.2, 0.25) is 0 Å². The van der Waals surface area contributed by atoms with Crippen molar-refractivity contribution >= 4 is 0 Å². The van der Waals surface area contributed by atoms with Gasteiger partial charge in [-0.15, -0.1) is 0 Å². The number of likely N-dealkylation sites (tertiary alicyclic amines) is 1. The molecule has 0 aromatic rings. The van der Waals surface area contributed by atoms with Gasteiger partial charge in [-0.2, -0.15) is 0 Å². The average molecular weight is 212 g/mol. The molecule has 1 aliphatic rings. The van der Waals surface area contributed by atoms with E-state index in [2.05, 4.69) is 25.7 Å². The summed E-state index contributed by atoms with van der Waals surface area (Å²) >= 11 is 0. The minimum absolute atomic E-state index is 0.397. The zero-order valence-electron chi connectivity index (χ0n) is 10.7. The van der Waals surface area contributed by atoms with Gasteiger partial charge in [0.1, 0.15) is 0 Å². The van der Waals surface area contributed by atoms with E-state index in [4.69, 9.17) is 5.73 Å². The van der Waals surface area contributed by atoms with Crippen molar-refractivity contribution in [3.8, 4) is 0 Å². The van der Waals surface area contributed by atoms with Crippen molar-refractivity contribution in [1.82, 2.24) is 4.90 Å². The molecule has 0 amide bonds. The van der Waals surface area contributed by atoms with Crippen LogP contribution in [0.25, 0.3) is 0 Å². The quantitative estimate of drug-likeness (QED) is 0.759. The highest BCUT2D eigenvalue weighted by Gasteiger charge is 2.27. The predicted octanol–water partition coefficient (Wildman–Crippen LogP) is 2.62. The van der Waals surface area contributed by atoms with Gasteiger partial charge in [0, 0.05) is 18.6 Å². The molecule has 0 bridgehead atoms. The number of nitrogens with zero attached hydrogens (tertiary/aromatic N) is 1. The molecule has 1 aliphatic heterocycles. The summed E-state index contributed by atoms with van der Waals surface area (Å²) in [5, 5.41) is 0. The molecule has 2 atom stereocenters. The van der Waals surface area contributed by atoms with Gasteiger partial charge in [0.15, 0.2) is 0 Å². The first-order valence-electron chi connectivity index (χ1n) is 6.64. The van der Waals surface area contributed by atoms with E-state index in [9.17, 15) is 0 Å². The van der Waals surface area contributed by atoms with Crippen molar-refractivity contribution in [2.45, 2.75) is 65.0 Å². The first kappa shape index (κ1) is 13.0. The smallest absolute Gasteiger partial charge is 0.0247 e. The van der Waals surface area contributed by atoms with Crippen LogP contribution in [0.15, 0.2) is 0 Å². The zero-order chi connectivity index (χ0) is 11.3. The van der Waals surface area contributed by atoms with Crippen molar-refractivity contribution in [1.29, 1.82) is 0 Å². The minimum Gasteiger partial charge on any atom is -0.326 e. The first-order valence-corrected chi connectivity index (χ1v) is 6.64. The van der Waals surface area contributed by atoms with Crippen LogP contribution in [0.3, 0.4) is 0 Å². The molecule has 1 rings (SSSR count). The summed E-state index contributed by atoms with van der Waals surface area (Å²) in [4.78, 5) is 2.63. The Bertz CT molecular complexity index is 168. The number of rotatable bonds is 5. The molecule has 0 radical (unpaired) electrons. The number of hydrogen-bond donors (Lipinski definition) is 1. The van der Waals surface area contributed by atoms with Crippen molar-refractivity contribution in [2.24, 2.45) is 11.7 Å². The fourth-order valence-electron chi connectivity index (χ4n) is 2.72. The van der Waals surface area contributed by atoms with E-state index in [1.807, 2.05) is 0 Å². The van der Waals surface area contributed by atoms with E-state index in [-0.39, 0.29) is 0 Å². The van der Waals surface area contributed by atoms with Crippen molar-refractivity contribution < 1.29 is 0 Å². The second kappa shape index (κ2) is 6.49. The number of nitrogens with two attached hydrogens (primary N) is 1. The van der Waals surface area contributed by atoms with Gasteiger partial charge in [-0.05, 0) is 31.7 Å². The van der Waals surface area contributed by atoms with Crippen LogP contribution >= 0.6 is 0 Å². The molecule has 0 aliphatic carbocycles. The van der Waals surface area contributed by atoms with Crippen LogP contribution in [-0.2, 0) is 0 Å². The topological polar surface area (TPSA) is 29.3 Å². The molecule has 0 spiro atoms. The largest absolute Gasteiger partial charge is 0.326 e. The molecule has 90 valence electrons. The van der Waals surface area contributed by atoms with Gasteiger partial charge < -0.3 is 5.73 Å². The minimum atomic E-state index is 0.397. The van der Waals surface area contributed by atoms with Crippen LogP contribution in [0, 0.1) is 5.92 Å². The highest BCUT2D eigenvalue weighted by Crippen LogP contribution is 2.21. The Labute approximate surface area is 95.2 Å². The molecule has 0 aromatic carbocycles. The third-order valence-corrected chi connectivity index (χ3v) is 3.38. The summed E-state index contributed by atoms with van der Waals surface area (Å²) in [6.45, 7) is 9.33. The van der Waals surface area contributed by atoms with Gasteiger partial charge in [0.05, 0.1) is 0 Å². The maximum atomic E-state index is 6.28. The standard InChI is InChI=1S/C13H28N2/c1-4-7-12(14)13-8-5-6-9-15(13)10-11(2)3/h11-13H,4-10,14H2,1-3H3. The van der Waals surface area contributed by atoms with Gasteiger partial charge in [-0.1, -0.05) is 33.6 Å². The zero-order valence-corrected chi connectivity index (χ0v) is 10.7. The summed E-state index contributed by atoms with van der Waals surface area (Å²) < 4.78 is 0. The highest BCUT2D eigenvalue weighted by atomic mass is 15.2. The van der Waals surface area contributed by atoms with E-state index in [0.717, 1.165) is 5.92 Å². The lowest BCUT2D eigenvalue weighted by Gasteiger charge is -2.40. The lowest BCUT2D eigenvalue weighted by molar-refractivity contribution is 0.109. The predicted molar refractivity (Wildman–Crippen MR) is 66.9 cm³/mol. The first-order chi connectivity index (χ1) is 7.15. The van der Waals surface area contributed by atoms with E-state index < -0.39 is 0 Å². The fourth-order valence-corrected chi connectivity index (χ4v) is 2.72. The molecule has 15 heavy (non-hydrogen) atoms. The molecule has 2 N–H and O–H groups in total. The Balaban J connectivity index is 2.48. The number of hydrogen-bond acceptors (Lipinski definition) is 2. The molecule has 1 heterocycles. The van der Waals surface area contributed by atoms with Crippen LogP contribution in [-0.4, -0.2) is 30.1 Å². The SMILES string of the molecule is CCCC(N)C1CCCCN1CC(C)C. The second-order valence-electron chi connectivity index (χ2n) is 5.40. The van der Waals surface area contributed by atoms with Gasteiger partial charge >= 0.3 is 0 Å².